The van der Waals surface area contributed by atoms with E-state index in [1.165, 1.54) is 40.9 Å². The minimum atomic E-state index is -1.16. The van der Waals surface area contributed by atoms with Crippen molar-refractivity contribution in [1.82, 2.24) is 50.8 Å². The van der Waals surface area contributed by atoms with Crippen molar-refractivity contribution >= 4 is 58.2 Å². The predicted octanol–water partition coefficient (Wildman–Crippen LogP) is 6.56. The Morgan fingerprint density at radius 3 is 1.71 bits per heavy atom. The van der Waals surface area contributed by atoms with E-state index < -0.39 is 84.6 Å². The van der Waals surface area contributed by atoms with E-state index in [0.717, 1.165) is 27.3 Å². The van der Waals surface area contributed by atoms with Crippen LogP contribution in [-0.2, 0) is 46.5 Å². The number of likely N-dealkylation sites (tertiary alicyclic amines) is 4. The molecule has 474 valence electrons. The molecule has 24 heteroatoms. The van der Waals surface area contributed by atoms with Gasteiger partial charge in [-0.05, 0) is 106 Å². The minimum absolute atomic E-state index is 0.0629. The molecule has 6 heterocycles. The molecule has 0 bridgehead atoms. The zero-order valence-corrected chi connectivity index (χ0v) is 52.2. The molecule has 5 amide bonds. The van der Waals surface area contributed by atoms with Crippen LogP contribution < -0.4 is 21.3 Å². The summed E-state index contributed by atoms with van der Waals surface area (Å²) < 4.78 is 51.9. The van der Waals surface area contributed by atoms with Crippen LogP contribution in [-0.4, -0.2) is 186 Å². The van der Waals surface area contributed by atoms with Crippen molar-refractivity contribution in [2.75, 3.05) is 66.6 Å². The number of rotatable bonds is 23. The second kappa shape index (κ2) is 30.7. The summed E-state index contributed by atoms with van der Waals surface area (Å²) in [7, 11) is 3.30. The van der Waals surface area contributed by atoms with Crippen molar-refractivity contribution in [3.8, 4) is 34.3 Å². The molecular weight excluding hydrogens is 1190 g/mol. The molecule has 11 atom stereocenters. The van der Waals surface area contributed by atoms with E-state index in [1.54, 1.807) is 65.8 Å². The molecule has 11 unspecified atom stereocenters. The maximum absolute atomic E-state index is 15.0. The molecule has 4 saturated heterocycles. The predicted molar refractivity (Wildman–Crippen MR) is 335 cm³/mol. The van der Waals surface area contributed by atoms with E-state index in [4.69, 9.17) is 28.9 Å². The lowest BCUT2D eigenvalue weighted by atomic mass is 9.95. The number of hydrogen-bond acceptors (Lipinski definition) is 17. The number of halogens is 2. The summed E-state index contributed by atoms with van der Waals surface area (Å²) in [5, 5.41) is 28.0. The van der Waals surface area contributed by atoms with Crippen LogP contribution in [0, 0.1) is 29.5 Å². The van der Waals surface area contributed by atoms with Crippen LogP contribution in [0.5, 0.6) is 0 Å². The average molecular weight is 1270 g/mol. The monoisotopic (exact) mass is 1270 g/mol. The number of nitrogens with one attached hydrogen (secondary N) is 4. The zero-order chi connectivity index (χ0) is 63.3. The molecule has 5 aliphatic rings. The first kappa shape index (κ1) is 65.1. The van der Waals surface area contributed by atoms with Crippen LogP contribution >= 0.6 is 22.7 Å². The van der Waals surface area contributed by atoms with Gasteiger partial charge in [0.15, 0.2) is 0 Å². The highest BCUT2D eigenvalue weighted by atomic mass is 32.1. The molecule has 5 N–H and O–H groups in total. The number of ether oxygens (including phenoxy) is 4. The van der Waals surface area contributed by atoms with Gasteiger partial charge in [0.05, 0.1) is 54.3 Å². The lowest BCUT2D eigenvalue weighted by molar-refractivity contribution is -0.141. The lowest BCUT2D eigenvalue weighted by Gasteiger charge is -2.34. The zero-order valence-electron chi connectivity index (χ0n) is 50.5. The standard InChI is InChI=1S/C66H74F2N10O10S2/c1-41(57(73-55(79)33-69-3)63(81)75-29-27-53-59(75)49(35-77(53)65(83)87-37-43-15-9-7-10-16-43)51-39-89-61(71-51)45-19-23-47(67)24-20-45)85-31-13-5-6-14-32-86-42(2)58(74-56(80)34-70-4)64(82)76-30-28-54-60(76)50(36-78(54)66(84)88-38-44-17-11-8-12-18-44)52-40-90-62(72-52)46-21-25-48(68)26-22-46/h7-12,15-21,23-25,39-42,49-50,53-54,56-60,69-70,74,80H,22,26-38H2,1-4H3,(H,73,79). The molecule has 3 aromatic carbocycles. The number of aliphatic hydroxyl groups excluding tert-OH is 1. The molecule has 0 spiro atoms. The number of hydrogen-bond donors (Lipinski definition) is 5. The summed E-state index contributed by atoms with van der Waals surface area (Å²) in [6, 6.07) is 20.7. The van der Waals surface area contributed by atoms with Crippen molar-refractivity contribution in [1.29, 1.82) is 0 Å². The van der Waals surface area contributed by atoms with Gasteiger partial charge in [-0.15, -0.1) is 22.7 Å². The molecular formula is C66H74F2N10O10S2. The van der Waals surface area contributed by atoms with Crippen molar-refractivity contribution in [2.45, 2.75) is 119 Å². The summed E-state index contributed by atoms with van der Waals surface area (Å²) in [6.45, 7) is 4.31. The van der Waals surface area contributed by atoms with E-state index in [9.17, 15) is 33.1 Å². The summed E-state index contributed by atoms with van der Waals surface area (Å²) in [4.78, 5) is 87.9. The highest BCUT2D eigenvalue weighted by molar-refractivity contribution is 7.13. The first-order valence-electron chi connectivity index (χ1n) is 30.2. The first-order chi connectivity index (χ1) is 43.7. The molecule has 1 aliphatic carbocycles. The summed E-state index contributed by atoms with van der Waals surface area (Å²) in [5.41, 5.74) is 4.68. The number of thiazole rings is 2. The van der Waals surface area contributed by atoms with Crippen molar-refractivity contribution in [3.05, 3.63) is 147 Å². The highest BCUT2D eigenvalue weighted by Crippen LogP contribution is 2.45. The van der Waals surface area contributed by atoms with Gasteiger partial charge in [-0.25, -0.2) is 28.3 Å². The number of likely N-dealkylation sites (N-methyl/N-ethyl adjacent to an activating group) is 2. The number of fused-ring (bicyclic) bond motifs is 2. The van der Waals surface area contributed by atoms with Crippen molar-refractivity contribution in [2.24, 2.45) is 0 Å². The maximum atomic E-state index is 15.0. The fraction of sp³-hybridized carbons (Fsp3) is 0.439. The average Bonchev–Trinajstić information content (AvgIpc) is 1.62. The number of carbonyl (C=O) groups is 5. The van der Waals surface area contributed by atoms with Gasteiger partial charge in [-0.3, -0.25) is 19.7 Å². The number of nitrogens with zero attached hydrogens (tertiary/aromatic N) is 6. The van der Waals surface area contributed by atoms with E-state index >= 15 is 4.79 Å². The minimum Gasteiger partial charge on any atom is -0.445 e. The summed E-state index contributed by atoms with van der Waals surface area (Å²) in [6.07, 6.45) is 1.04. The SMILES string of the molecule is CNCC(=O)NC(C(=O)N1CCC2C1C(c1csc(-c3ccc(F)cc3)n1)CN2C(=O)OCc1ccccc1)C(C)OCC#CC#CCOC(C)C(NC(O)CNC)C(=O)N1CCC2C1C(c1csc(C3=CC=C(F)CC3)n1)CN2C(=O)OCc1ccccc1. The fourth-order valence-electron chi connectivity index (χ4n) is 12.5. The second-order valence-corrected chi connectivity index (χ2v) is 24.5. The van der Waals surface area contributed by atoms with E-state index in [-0.39, 0.29) is 89.0 Å². The molecule has 2 aromatic heterocycles. The number of carbonyl (C=O) groups excluding carboxylic acids is 5. The molecule has 4 fully saturated rings. The third-order valence-electron chi connectivity index (χ3n) is 16.9. The smallest absolute Gasteiger partial charge is 0.410 e. The lowest BCUT2D eigenvalue weighted by Crippen LogP contribution is -2.58. The van der Waals surface area contributed by atoms with Crippen molar-refractivity contribution < 1.29 is 56.8 Å². The van der Waals surface area contributed by atoms with Gasteiger partial charge in [-0.1, -0.05) is 78.6 Å². The van der Waals surface area contributed by atoms with Gasteiger partial charge in [0.1, 0.15) is 66.4 Å². The maximum Gasteiger partial charge on any atom is 0.410 e. The fourth-order valence-corrected chi connectivity index (χ4v) is 14.3. The summed E-state index contributed by atoms with van der Waals surface area (Å²) in [5.74, 6) is 8.70. The molecule has 4 aliphatic heterocycles. The van der Waals surface area contributed by atoms with Crippen LogP contribution in [0.2, 0.25) is 0 Å². The van der Waals surface area contributed by atoms with Crippen LogP contribution in [0.15, 0.2) is 114 Å². The highest BCUT2D eigenvalue weighted by Gasteiger charge is 2.56. The topological polar surface area (TPSA) is 229 Å². The van der Waals surface area contributed by atoms with Crippen LogP contribution in [0.1, 0.15) is 78.9 Å². The van der Waals surface area contributed by atoms with E-state index in [2.05, 4.69) is 44.9 Å². The number of aliphatic hydroxyl groups is 1. The van der Waals surface area contributed by atoms with Gasteiger partial charge in [0, 0.05) is 67.3 Å². The van der Waals surface area contributed by atoms with Crippen LogP contribution in [0.4, 0.5) is 18.4 Å². The Balaban J connectivity index is 0.796. The Kier molecular flexibility index (Phi) is 22.2. The normalized spacial score (nSPS) is 21.7. The van der Waals surface area contributed by atoms with E-state index in [1.807, 2.05) is 71.4 Å². The molecule has 0 saturated carbocycles. The van der Waals surface area contributed by atoms with Gasteiger partial charge in [-0.2, -0.15) is 0 Å². The number of allylic oxidation sites excluding steroid dienone is 4. The number of benzene rings is 3. The van der Waals surface area contributed by atoms with Gasteiger partial charge in [0.25, 0.3) is 0 Å². The second-order valence-electron chi connectivity index (χ2n) is 22.8. The number of amides is 5. The number of aromatic nitrogens is 2. The molecule has 0 radical (unpaired) electrons. The first-order valence-corrected chi connectivity index (χ1v) is 31.9. The Labute approximate surface area is 530 Å². The Morgan fingerprint density at radius 1 is 0.667 bits per heavy atom. The molecule has 20 nitrogen and oxygen atoms in total. The molecule has 5 aromatic rings. The molecule has 10 rings (SSSR count). The Bertz CT molecular complexity index is 3520. The van der Waals surface area contributed by atoms with Gasteiger partial charge < -0.3 is 59.6 Å². The van der Waals surface area contributed by atoms with Gasteiger partial charge >= 0.3 is 12.2 Å². The van der Waals surface area contributed by atoms with Crippen molar-refractivity contribution in [3.63, 3.8) is 0 Å². The molecule has 90 heavy (non-hydrogen) atoms. The van der Waals surface area contributed by atoms with Crippen LogP contribution in [0.25, 0.3) is 16.1 Å². The third-order valence-corrected chi connectivity index (χ3v) is 18.8. The van der Waals surface area contributed by atoms with E-state index in [0.29, 0.717) is 42.2 Å². The van der Waals surface area contributed by atoms with Crippen LogP contribution in [0.3, 0.4) is 0 Å². The largest absolute Gasteiger partial charge is 0.445 e. The Hall–Kier alpha value is -7.91. The third kappa shape index (κ3) is 15.6. The Morgan fingerprint density at radius 2 is 1.19 bits per heavy atom. The summed E-state index contributed by atoms with van der Waals surface area (Å²) >= 11 is 2.82. The van der Waals surface area contributed by atoms with Gasteiger partial charge in [0.2, 0.25) is 17.7 Å². The quantitative estimate of drug-likeness (QED) is 0.0344.